The predicted octanol–water partition coefficient (Wildman–Crippen LogP) is 4.86. The molecule has 0 aromatic carbocycles. The number of rotatable bonds is 5. The van der Waals surface area contributed by atoms with Gasteiger partial charge in [-0.25, -0.2) is 0 Å². The second-order valence-corrected chi connectivity index (χ2v) is 8.66. The second kappa shape index (κ2) is 6.41. The van der Waals surface area contributed by atoms with Crippen molar-refractivity contribution in [2.45, 2.75) is 73.1 Å². The Balaban J connectivity index is 2.22. The zero-order chi connectivity index (χ0) is 17.4. The summed E-state index contributed by atoms with van der Waals surface area (Å²) in [5.74, 6) is 0.713. The number of carboxylic acids is 1. The number of ketones is 1. The SMILES string of the molecule is CC1=CC(=O)C[C@@H]2[C@@](C)(CC[C@@H](C)CC(=O)O)[C@H](C)CC[C@@]12C. The zero-order valence-electron chi connectivity index (χ0n) is 15.3. The van der Waals surface area contributed by atoms with Crippen LogP contribution < -0.4 is 0 Å². The van der Waals surface area contributed by atoms with E-state index in [0.717, 1.165) is 19.3 Å². The number of carboxylic acid groups (broad SMARTS) is 1. The molecule has 0 aromatic heterocycles. The summed E-state index contributed by atoms with van der Waals surface area (Å²) in [6, 6.07) is 0. The Hall–Kier alpha value is -1.12. The smallest absolute Gasteiger partial charge is 0.303 e. The van der Waals surface area contributed by atoms with Gasteiger partial charge in [-0.2, -0.15) is 0 Å². The van der Waals surface area contributed by atoms with Crippen molar-refractivity contribution in [2.75, 3.05) is 0 Å². The van der Waals surface area contributed by atoms with Gasteiger partial charge in [-0.05, 0) is 67.3 Å². The van der Waals surface area contributed by atoms with Crippen molar-refractivity contribution in [1.82, 2.24) is 0 Å². The molecule has 2 aliphatic carbocycles. The molecular weight excluding hydrogens is 288 g/mol. The van der Waals surface area contributed by atoms with Crippen molar-refractivity contribution in [3.8, 4) is 0 Å². The van der Waals surface area contributed by atoms with Gasteiger partial charge >= 0.3 is 5.97 Å². The lowest BCUT2D eigenvalue weighted by Crippen LogP contribution is -2.51. The maximum atomic E-state index is 12.2. The molecule has 5 atom stereocenters. The van der Waals surface area contributed by atoms with Gasteiger partial charge in [-0.3, -0.25) is 9.59 Å². The molecule has 2 rings (SSSR count). The van der Waals surface area contributed by atoms with Crippen LogP contribution in [0, 0.1) is 28.6 Å². The highest BCUT2D eigenvalue weighted by molar-refractivity contribution is 5.92. The number of carbonyl (C=O) groups is 2. The summed E-state index contributed by atoms with van der Waals surface area (Å²) in [6.07, 6.45) is 7.05. The molecule has 0 bridgehead atoms. The molecule has 130 valence electrons. The van der Waals surface area contributed by atoms with Gasteiger partial charge < -0.3 is 5.11 Å². The second-order valence-electron chi connectivity index (χ2n) is 8.66. The fraction of sp³-hybridized carbons (Fsp3) is 0.800. The van der Waals surface area contributed by atoms with E-state index < -0.39 is 5.97 Å². The number of carbonyl (C=O) groups excluding carboxylic acids is 1. The van der Waals surface area contributed by atoms with Crippen LogP contribution in [0.3, 0.4) is 0 Å². The first kappa shape index (κ1) is 18.2. The Labute approximate surface area is 140 Å². The molecule has 3 nitrogen and oxygen atoms in total. The van der Waals surface area contributed by atoms with E-state index in [9.17, 15) is 9.59 Å². The van der Waals surface area contributed by atoms with Gasteiger partial charge in [0.1, 0.15) is 0 Å². The predicted molar refractivity (Wildman–Crippen MR) is 92.1 cm³/mol. The molecule has 0 heterocycles. The summed E-state index contributed by atoms with van der Waals surface area (Å²) in [4.78, 5) is 23.1. The van der Waals surface area contributed by atoms with Gasteiger partial charge in [0.15, 0.2) is 5.78 Å². The van der Waals surface area contributed by atoms with Crippen LogP contribution in [-0.4, -0.2) is 16.9 Å². The summed E-state index contributed by atoms with van der Waals surface area (Å²) in [5, 5.41) is 8.98. The van der Waals surface area contributed by atoms with Crippen LogP contribution in [0.25, 0.3) is 0 Å². The van der Waals surface area contributed by atoms with Crippen LogP contribution in [0.5, 0.6) is 0 Å². The van der Waals surface area contributed by atoms with E-state index in [-0.39, 0.29) is 29.0 Å². The molecule has 1 fully saturated rings. The third-order valence-electron chi connectivity index (χ3n) is 7.17. The first-order chi connectivity index (χ1) is 10.6. The lowest BCUT2D eigenvalue weighted by Gasteiger charge is -2.57. The van der Waals surface area contributed by atoms with Crippen molar-refractivity contribution < 1.29 is 14.7 Å². The molecule has 1 saturated carbocycles. The molecule has 23 heavy (non-hydrogen) atoms. The summed E-state index contributed by atoms with van der Waals surface area (Å²) in [6.45, 7) is 11.1. The summed E-state index contributed by atoms with van der Waals surface area (Å²) >= 11 is 0. The molecular formula is C20H32O3. The molecule has 3 heteroatoms. The van der Waals surface area contributed by atoms with Crippen LogP contribution >= 0.6 is 0 Å². The van der Waals surface area contributed by atoms with E-state index in [0.29, 0.717) is 18.3 Å². The van der Waals surface area contributed by atoms with Gasteiger partial charge in [0.2, 0.25) is 0 Å². The fourth-order valence-corrected chi connectivity index (χ4v) is 5.07. The number of allylic oxidation sites excluding steroid dienone is 2. The Morgan fingerprint density at radius 2 is 2.09 bits per heavy atom. The van der Waals surface area contributed by atoms with Crippen molar-refractivity contribution in [3.63, 3.8) is 0 Å². The van der Waals surface area contributed by atoms with Crippen LogP contribution in [0.2, 0.25) is 0 Å². The van der Waals surface area contributed by atoms with Crippen molar-refractivity contribution in [3.05, 3.63) is 11.6 Å². The van der Waals surface area contributed by atoms with Gasteiger partial charge in [0.25, 0.3) is 0 Å². The Kier molecular flexibility index (Phi) is 5.08. The quantitative estimate of drug-likeness (QED) is 0.787. The van der Waals surface area contributed by atoms with E-state index >= 15 is 0 Å². The molecule has 1 N–H and O–H groups in total. The minimum atomic E-state index is -0.712. The van der Waals surface area contributed by atoms with Crippen LogP contribution in [0.4, 0.5) is 0 Å². The van der Waals surface area contributed by atoms with E-state index in [1.807, 2.05) is 13.0 Å². The molecule has 0 aliphatic heterocycles. The van der Waals surface area contributed by atoms with Crippen LogP contribution in [-0.2, 0) is 9.59 Å². The summed E-state index contributed by atoms with van der Waals surface area (Å²) in [5.41, 5.74) is 1.49. The van der Waals surface area contributed by atoms with Crippen molar-refractivity contribution >= 4 is 11.8 Å². The Morgan fingerprint density at radius 1 is 1.43 bits per heavy atom. The fourth-order valence-electron chi connectivity index (χ4n) is 5.07. The normalized spacial score (nSPS) is 38.7. The third kappa shape index (κ3) is 3.39. The lowest BCUT2D eigenvalue weighted by atomic mass is 9.46. The van der Waals surface area contributed by atoms with Gasteiger partial charge in [0, 0.05) is 12.8 Å². The maximum Gasteiger partial charge on any atom is 0.303 e. The molecule has 0 amide bonds. The minimum Gasteiger partial charge on any atom is -0.481 e. The molecule has 0 saturated heterocycles. The monoisotopic (exact) mass is 320 g/mol. The maximum absolute atomic E-state index is 12.2. The molecule has 0 radical (unpaired) electrons. The molecule has 0 spiro atoms. The molecule has 0 unspecified atom stereocenters. The largest absolute Gasteiger partial charge is 0.481 e. The van der Waals surface area contributed by atoms with E-state index in [4.69, 9.17) is 5.11 Å². The number of aliphatic carboxylic acids is 1. The Bertz CT molecular complexity index is 521. The highest BCUT2D eigenvalue weighted by Crippen LogP contribution is 2.61. The van der Waals surface area contributed by atoms with Gasteiger partial charge in [0.05, 0.1) is 0 Å². The Morgan fingerprint density at radius 3 is 2.70 bits per heavy atom. The average Bonchev–Trinajstić information content (AvgIpc) is 2.44. The van der Waals surface area contributed by atoms with Gasteiger partial charge in [-0.1, -0.05) is 33.3 Å². The molecule has 2 aliphatic rings. The van der Waals surface area contributed by atoms with Gasteiger partial charge in [-0.15, -0.1) is 0 Å². The van der Waals surface area contributed by atoms with Crippen LogP contribution in [0.1, 0.15) is 73.1 Å². The average molecular weight is 320 g/mol. The minimum absolute atomic E-state index is 0.116. The van der Waals surface area contributed by atoms with E-state index in [1.54, 1.807) is 0 Å². The highest BCUT2D eigenvalue weighted by Gasteiger charge is 2.54. The topological polar surface area (TPSA) is 54.4 Å². The standard InChI is InChI=1S/C20H32O3/c1-13(10-18(22)23)6-8-19(4)14(2)7-9-20(5)15(3)11-16(21)12-17(19)20/h11,13-14,17H,6-10,12H2,1-5H3,(H,22,23)/t13-,14-,17-,19+,20+/m1/s1. The summed E-state index contributed by atoms with van der Waals surface area (Å²) in [7, 11) is 0. The number of fused-ring (bicyclic) bond motifs is 1. The van der Waals surface area contributed by atoms with Crippen molar-refractivity contribution in [2.24, 2.45) is 28.6 Å². The summed E-state index contributed by atoms with van der Waals surface area (Å²) < 4.78 is 0. The van der Waals surface area contributed by atoms with Crippen molar-refractivity contribution in [1.29, 1.82) is 0 Å². The third-order valence-corrected chi connectivity index (χ3v) is 7.17. The first-order valence-corrected chi connectivity index (χ1v) is 9.03. The lowest BCUT2D eigenvalue weighted by molar-refractivity contribution is -0.138. The first-order valence-electron chi connectivity index (χ1n) is 9.03. The van der Waals surface area contributed by atoms with Crippen LogP contribution in [0.15, 0.2) is 11.6 Å². The zero-order valence-corrected chi connectivity index (χ0v) is 15.3. The molecule has 0 aromatic rings. The number of hydrogen-bond acceptors (Lipinski definition) is 2. The number of hydrogen-bond donors (Lipinski definition) is 1. The van der Waals surface area contributed by atoms with E-state index in [1.165, 1.54) is 12.0 Å². The van der Waals surface area contributed by atoms with E-state index in [2.05, 4.69) is 27.7 Å². The highest BCUT2D eigenvalue weighted by atomic mass is 16.4.